The van der Waals surface area contributed by atoms with E-state index in [1.165, 1.54) is 0 Å². The third-order valence-electron chi connectivity index (χ3n) is 1.64. The van der Waals surface area contributed by atoms with Crippen LogP contribution in [-0.2, 0) is 9.47 Å². The van der Waals surface area contributed by atoms with E-state index in [0.717, 1.165) is 13.2 Å². The first-order chi connectivity index (χ1) is 8.23. The van der Waals surface area contributed by atoms with Gasteiger partial charge in [0.25, 0.3) is 0 Å². The maximum absolute atomic E-state index is 11.7. The second kappa shape index (κ2) is 4.99. The van der Waals surface area contributed by atoms with E-state index in [2.05, 4.69) is 14.1 Å². The Morgan fingerprint density at radius 1 is 1.28 bits per heavy atom. The number of aromatic nitrogens is 1. The van der Waals surface area contributed by atoms with Gasteiger partial charge >= 0.3 is 23.5 Å². The highest BCUT2D eigenvalue weighted by molar-refractivity contribution is 5.89. The number of ether oxygens (including phenoxy) is 2. The summed E-state index contributed by atoms with van der Waals surface area (Å²) in [6.45, 7) is 4.99. The Bertz CT molecular complexity index is 525. The molecule has 0 N–H and O–H groups in total. The van der Waals surface area contributed by atoms with Gasteiger partial charge in [-0.2, -0.15) is 4.98 Å². The Morgan fingerprint density at radius 3 is 2.39 bits per heavy atom. The molecule has 0 amide bonds. The number of methoxy groups -OCH3 is 1. The monoisotopic (exact) mass is 255 g/mol. The van der Waals surface area contributed by atoms with Gasteiger partial charge in [0.05, 0.1) is 13.2 Å². The van der Waals surface area contributed by atoms with Crippen LogP contribution in [0, 0.1) is 0 Å². The minimum absolute atomic E-state index is 0.304. The van der Waals surface area contributed by atoms with Crippen LogP contribution in [0.3, 0.4) is 0 Å². The molecule has 0 fully saturated rings. The fourth-order valence-corrected chi connectivity index (χ4v) is 1.01. The SMILES string of the molecule is COC(=O)c1nc(C(=O)OC(C)(C)C)cc(=O)o1. The Hall–Kier alpha value is -2.18. The Labute approximate surface area is 103 Å². The van der Waals surface area contributed by atoms with E-state index in [9.17, 15) is 14.4 Å². The predicted molar refractivity (Wildman–Crippen MR) is 59.3 cm³/mol. The molecule has 1 rings (SSSR count). The molecule has 0 unspecified atom stereocenters. The molecule has 0 saturated heterocycles. The van der Waals surface area contributed by atoms with Crippen molar-refractivity contribution in [3.8, 4) is 0 Å². The van der Waals surface area contributed by atoms with E-state index in [4.69, 9.17) is 4.74 Å². The van der Waals surface area contributed by atoms with Gasteiger partial charge in [0.1, 0.15) is 5.60 Å². The van der Waals surface area contributed by atoms with Gasteiger partial charge in [-0.15, -0.1) is 0 Å². The summed E-state index contributed by atoms with van der Waals surface area (Å²) in [4.78, 5) is 37.6. The maximum atomic E-state index is 11.7. The summed E-state index contributed by atoms with van der Waals surface area (Å²) < 4.78 is 13.9. The lowest BCUT2D eigenvalue weighted by Gasteiger charge is -2.18. The fraction of sp³-hybridized carbons (Fsp3) is 0.455. The molecule has 1 heterocycles. The number of hydrogen-bond acceptors (Lipinski definition) is 7. The van der Waals surface area contributed by atoms with E-state index >= 15 is 0 Å². The molecule has 98 valence electrons. The van der Waals surface area contributed by atoms with Gasteiger partial charge in [0.15, 0.2) is 5.69 Å². The number of nitrogens with zero attached hydrogens (tertiary/aromatic N) is 1. The topological polar surface area (TPSA) is 95.7 Å². The summed E-state index contributed by atoms with van der Waals surface area (Å²) >= 11 is 0. The molecule has 7 heteroatoms. The molecule has 7 nitrogen and oxygen atoms in total. The second-order valence-electron chi connectivity index (χ2n) is 4.36. The van der Waals surface area contributed by atoms with Gasteiger partial charge in [0, 0.05) is 0 Å². The Kier molecular flexibility index (Phi) is 3.85. The Morgan fingerprint density at radius 2 is 1.89 bits per heavy atom. The zero-order chi connectivity index (χ0) is 13.9. The average Bonchev–Trinajstić information content (AvgIpc) is 2.24. The fourth-order valence-electron chi connectivity index (χ4n) is 1.01. The molecule has 0 atom stereocenters. The van der Waals surface area contributed by atoms with Crippen molar-refractivity contribution in [2.24, 2.45) is 0 Å². The largest absolute Gasteiger partial charge is 0.462 e. The van der Waals surface area contributed by atoms with Crippen molar-refractivity contribution >= 4 is 11.9 Å². The number of rotatable bonds is 2. The molecular weight excluding hydrogens is 242 g/mol. The lowest BCUT2D eigenvalue weighted by molar-refractivity contribution is 0.00606. The minimum atomic E-state index is -0.947. The Balaban J connectivity index is 3.11. The molecule has 0 saturated carbocycles. The van der Waals surface area contributed by atoms with Gasteiger partial charge in [-0.25, -0.2) is 14.4 Å². The molecule has 0 radical (unpaired) electrons. The summed E-state index contributed by atoms with van der Waals surface area (Å²) in [6, 6.07) is 0.848. The van der Waals surface area contributed by atoms with Crippen LogP contribution < -0.4 is 5.63 Å². The van der Waals surface area contributed by atoms with Gasteiger partial charge < -0.3 is 13.9 Å². The first-order valence-electron chi connectivity index (χ1n) is 5.07. The highest BCUT2D eigenvalue weighted by Gasteiger charge is 2.22. The van der Waals surface area contributed by atoms with Gasteiger partial charge in [0.2, 0.25) is 0 Å². The molecule has 0 spiro atoms. The van der Waals surface area contributed by atoms with Crippen LogP contribution in [0.4, 0.5) is 0 Å². The van der Waals surface area contributed by atoms with Crippen molar-refractivity contribution < 1.29 is 23.5 Å². The third kappa shape index (κ3) is 3.69. The highest BCUT2D eigenvalue weighted by atomic mass is 16.6. The molecule has 1 aromatic rings. The maximum Gasteiger partial charge on any atom is 0.394 e. The van der Waals surface area contributed by atoms with Crippen molar-refractivity contribution in [2.75, 3.05) is 7.11 Å². The van der Waals surface area contributed by atoms with Crippen LogP contribution in [0.15, 0.2) is 15.3 Å². The van der Waals surface area contributed by atoms with Crippen LogP contribution >= 0.6 is 0 Å². The lowest BCUT2D eigenvalue weighted by Crippen LogP contribution is -2.26. The summed E-state index contributed by atoms with van der Waals surface area (Å²) in [5.74, 6) is -2.36. The van der Waals surface area contributed by atoms with E-state index < -0.39 is 29.1 Å². The van der Waals surface area contributed by atoms with E-state index in [1.807, 2.05) is 0 Å². The van der Waals surface area contributed by atoms with Crippen LogP contribution in [0.1, 0.15) is 41.9 Å². The van der Waals surface area contributed by atoms with E-state index in [0.29, 0.717) is 0 Å². The van der Waals surface area contributed by atoms with Crippen LogP contribution in [0.2, 0.25) is 0 Å². The van der Waals surface area contributed by atoms with Crippen molar-refractivity contribution in [2.45, 2.75) is 26.4 Å². The third-order valence-corrected chi connectivity index (χ3v) is 1.64. The molecule has 1 aromatic heterocycles. The smallest absolute Gasteiger partial charge is 0.394 e. The molecule has 0 aliphatic rings. The summed E-state index contributed by atoms with van der Waals surface area (Å²) in [7, 11) is 1.10. The second-order valence-corrected chi connectivity index (χ2v) is 4.36. The van der Waals surface area contributed by atoms with E-state index in [-0.39, 0.29) is 5.69 Å². The molecular formula is C11H13NO6. The standard InChI is InChI=1S/C11H13NO6/c1-11(2,3)18-9(14)6-5-7(13)17-8(12-6)10(15)16-4/h5H,1-4H3. The van der Waals surface area contributed by atoms with Crippen LogP contribution in [0.25, 0.3) is 0 Å². The van der Waals surface area contributed by atoms with Crippen LogP contribution in [-0.4, -0.2) is 29.6 Å². The zero-order valence-electron chi connectivity index (χ0n) is 10.5. The summed E-state index contributed by atoms with van der Waals surface area (Å²) in [5.41, 5.74) is -1.92. The molecule has 0 aliphatic carbocycles. The highest BCUT2D eigenvalue weighted by Crippen LogP contribution is 2.10. The zero-order valence-corrected chi connectivity index (χ0v) is 10.5. The number of hydrogen-bond donors (Lipinski definition) is 0. The number of esters is 2. The van der Waals surface area contributed by atoms with Crippen molar-refractivity contribution in [1.82, 2.24) is 4.98 Å². The minimum Gasteiger partial charge on any atom is -0.462 e. The van der Waals surface area contributed by atoms with Gasteiger partial charge in [-0.3, -0.25) is 0 Å². The van der Waals surface area contributed by atoms with Crippen molar-refractivity contribution in [3.05, 3.63) is 28.1 Å². The molecule has 0 aliphatic heterocycles. The normalized spacial score (nSPS) is 10.9. The number of carbonyl (C=O) groups is 2. The quantitative estimate of drug-likeness (QED) is 0.720. The average molecular weight is 255 g/mol. The molecule has 0 aromatic carbocycles. The van der Waals surface area contributed by atoms with E-state index in [1.54, 1.807) is 20.8 Å². The first kappa shape index (κ1) is 13.9. The van der Waals surface area contributed by atoms with Gasteiger partial charge in [-0.05, 0) is 20.8 Å². The molecule has 0 bridgehead atoms. The van der Waals surface area contributed by atoms with Crippen molar-refractivity contribution in [3.63, 3.8) is 0 Å². The summed E-state index contributed by atoms with van der Waals surface area (Å²) in [6.07, 6.45) is 0. The van der Waals surface area contributed by atoms with Gasteiger partial charge in [-0.1, -0.05) is 0 Å². The first-order valence-corrected chi connectivity index (χ1v) is 5.07. The lowest BCUT2D eigenvalue weighted by atomic mass is 10.2. The van der Waals surface area contributed by atoms with Crippen LogP contribution in [0.5, 0.6) is 0 Å². The van der Waals surface area contributed by atoms with Crippen molar-refractivity contribution in [1.29, 1.82) is 0 Å². The number of carbonyl (C=O) groups excluding carboxylic acids is 2. The summed E-state index contributed by atoms with van der Waals surface area (Å²) in [5, 5.41) is 0. The molecule has 18 heavy (non-hydrogen) atoms. The predicted octanol–water partition coefficient (Wildman–Crippen LogP) is 0.777.